The Morgan fingerprint density at radius 2 is 2.25 bits per heavy atom. The van der Waals surface area contributed by atoms with Crippen molar-refractivity contribution in [1.82, 2.24) is 4.98 Å². The number of anilines is 1. The van der Waals surface area contributed by atoms with Crippen LogP contribution in [0.3, 0.4) is 0 Å². The van der Waals surface area contributed by atoms with Crippen molar-refractivity contribution in [3.05, 3.63) is 29.8 Å². The Labute approximate surface area is 147 Å². The number of pyridine rings is 1. The standard InChI is InChI=1S/C19H24N2O2S/c1-4-23-19(22)14-6-5-9-21(12-14)18-10-13(2)16-11-15(24-3)7-8-17(16)20-18/h7-8,10-11,14H,4-6,9,12H2,1-3H3. The van der Waals surface area contributed by atoms with Gasteiger partial charge in [0.1, 0.15) is 5.82 Å². The van der Waals surface area contributed by atoms with E-state index in [-0.39, 0.29) is 11.9 Å². The quantitative estimate of drug-likeness (QED) is 0.618. The van der Waals surface area contributed by atoms with Gasteiger partial charge in [0, 0.05) is 23.4 Å². The lowest BCUT2D eigenvalue weighted by atomic mass is 9.98. The lowest BCUT2D eigenvalue weighted by Crippen LogP contribution is -2.39. The van der Waals surface area contributed by atoms with E-state index >= 15 is 0 Å². The van der Waals surface area contributed by atoms with Crippen LogP contribution >= 0.6 is 11.8 Å². The van der Waals surface area contributed by atoms with Crippen molar-refractivity contribution in [2.45, 2.75) is 31.6 Å². The lowest BCUT2D eigenvalue weighted by molar-refractivity contribution is -0.148. The minimum Gasteiger partial charge on any atom is -0.466 e. The zero-order valence-corrected chi connectivity index (χ0v) is 15.4. The first-order valence-corrected chi connectivity index (χ1v) is 9.71. The van der Waals surface area contributed by atoms with Crippen LogP contribution in [0.4, 0.5) is 5.82 Å². The van der Waals surface area contributed by atoms with Gasteiger partial charge in [-0.3, -0.25) is 4.79 Å². The number of carbonyl (C=O) groups excluding carboxylic acids is 1. The minimum atomic E-state index is -0.0793. The van der Waals surface area contributed by atoms with Crippen molar-refractivity contribution < 1.29 is 9.53 Å². The number of benzene rings is 1. The average Bonchev–Trinajstić information content (AvgIpc) is 2.61. The first-order chi connectivity index (χ1) is 11.6. The van der Waals surface area contributed by atoms with Crippen LogP contribution in [0.25, 0.3) is 10.9 Å². The summed E-state index contributed by atoms with van der Waals surface area (Å²) in [4.78, 5) is 20.4. The van der Waals surface area contributed by atoms with Crippen LogP contribution in [-0.4, -0.2) is 36.9 Å². The second-order valence-electron chi connectivity index (χ2n) is 6.22. The largest absolute Gasteiger partial charge is 0.466 e. The summed E-state index contributed by atoms with van der Waals surface area (Å²) in [6, 6.07) is 8.54. The van der Waals surface area contributed by atoms with Gasteiger partial charge in [0.05, 0.1) is 18.0 Å². The summed E-state index contributed by atoms with van der Waals surface area (Å²) in [5.74, 6) is 0.839. The van der Waals surface area contributed by atoms with Crippen LogP contribution in [0.1, 0.15) is 25.3 Å². The minimum absolute atomic E-state index is 0.0460. The maximum atomic E-state index is 12.1. The summed E-state index contributed by atoms with van der Waals surface area (Å²) < 4.78 is 5.20. The van der Waals surface area contributed by atoms with Crippen LogP contribution in [0.2, 0.25) is 0 Å². The molecule has 3 rings (SSSR count). The molecule has 0 aliphatic carbocycles. The van der Waals surface area contributed by atoms with Gasteiger partial charge < -0.3 is 9.64 Å². The zero-order valence-electron chi connectivity index (χ0n) is 14.5. The number of piperidine rings is 1. The number of hydrogen-bond acceptors (Lipinski definition) is 5. The Hall–Kier alpha value is -1.75. The fourth-order valence-corrected chi connectivity index (χ4v) is 3.72. The Kier molecular flexibility index (Phi) is 5.29. The summed E-state index contributed by atoms with van der Waals surface area (Å²) >= 11 is 1.74. The van der Waals surface area contributed by atoms with E-state index < -0.39 is 0 Å². The molecular formula is C19H24N2O2S. The number of fused-ring (bicyclic) bond motifs is 1. The predicted octanol–water partition coefficient (Wildman–Crippen LogP) is 4.04. The topological polar surface area (TPSA) is 42.4 Å². The Morgan fingerprint density at radius 1 is 1.42 bits per heavy atom. The normalized spacial score (nSPS) is 18.0. The number of ether oxygens (including phenoxy) is 1. The van der Waals surface area contributed by atoms with Gasteiger partial charge in [-0.05, 0) is 62.8 Å². The average molecular weight is 344 g/mol. The van der Waals surface area contributed by atoms with Gasteiger partial charge >= 0.3 is 5.97 Å². The van der Waals surface area contributed by atoms with Crippen molar-refractivity contribution in [3.63, 3.8) is 0 Å². The van der Waals surface area contributed by atoms with Crippen molar-refractivity contribution >= 4 is 34.5 Å². The predicted molar refractivity (Wildman–Crippen MR) is 99.8 cm³/mol. The van der Waals surface area contributed by atoms with E-state index in [1.54, 1.807) is 11.8 Å². The second kappa shape index (κ2) is 7.43. The van der Waals surface area contributed by atoms with Crippen LogP contribution in [0.15, 0.2) is 29.2 Å². The molecule has 0 N–H and O–H groups in total. The van der Waals surface area contributed by atoms with Gasteiger partial charge in [-0.25, -0.2) is 4.98 Å². The summed E-state index contributed by atoms with van der Waals surface area (Å²) in [6.07, 6.45) is 3.98. The van der Waals surface area contributed by atoms with Crippen molar-refractivity contribution in [3.8, 4) is 0 Å². The first-order valence-electron chi connectivity index (χ1n) is 8.49. The Balaban J connectivity index is 1.87. The van der Waals surface area contributed by atoms with Crippen LogP contribution in [0.5, 0.6) is 0 Å². The number of thioether (sulfide) groups is 1. The molecule has 128 valence electrons. The molecule has 1 atom stereocenters. The fourth-order valence-electron chi connectivity index (χ4n) is 3.28. The lowest BCUT2D eigenvalue weighted by Gasteiger charge is -2.32. The number of hydrogen-bond donors (Lipinski definition) is 0. The molecule has 1 aromatic carbocycles. The molecule has 2 aromatic rings. The van der Waals surface area contributed by atoms with Crippen LogP contribution in [-0.2, 0) is 9.53 Å². The molecule has 0 radical (unpaired) electrons. The van der Waals surface area contributed by atoms with Gasteiger partial charge in [-0.15, -0.1) is 11.8 Å². The van der Waals surface area contributed by atoms with E-state index in [4.69, 9.17) is 9.72 Å². The van der Waals surface area contributed by atoms with Gasteiger partial charge in [0.2, 0.25) is 0 Å². The van der Waals surface area contributed by atoms with Crippen LogP contribution < -0.4 is 4.90 Å². The van der Waals surface area contributed by atoms with E-state index in [1.807, 2.05) is 6.92 Å². The van der Waals surface area contributed by atoms with E-state index in [0.717, 1.165) is 30.7 Å². The maximum Gasteiger partial charge on any atom is 0.310 e. The first kappa shape index (κ1) is 17.1. The molecule has 5 heteroatoms. The highest BCUT2D eigenvalue weighted by atomic mass is 32.2. The highest BCUT2D eigenvalue weighted by molar-refractivity contribution is 7.98. The number of esters is 1. The zero-order chi connectivity index (χ0) is 17.1. The smallest absolute Gasteiger partial charge is 0.310 e. The summed E-state index contributed by atoms with van der Waals surface area (Å²) in [5, 5.41) is 1.20. The molecule has 2 heterocycles. The molecule has 1 fully saturated rings. The molecule has 24 heavy (non-hydrogen) atoms. The second-order valence-corrected chi connectivity index (χ2v) is 7.10. The molecule has 0 saturated carbocycles. The number of nitrogens with zero attached hydrogens (tertiary/aromatic N) is 2. The molecule has 0 bridgehead atoms. The van der Waals surface area contributed by atoms with E-state index in [1.165, 1.54) is 15.8 Å². The third kappa shape index (κ3) is 3.51. The molecule has 1 saturated heterocycles. The summed E-state index contributed by atoms with van der Waals surface area (Å²) in [6.45, 7) is 6.07. The molecule has 0 amide bonds. The van der Waals surface area contributed by atoms with Crippen molar-refractivity contribution in [2.75, 3.05) is 30.9 Å². The molecular weight excluding hydrogens is 320 g/mol. The van der Waals surface area contributed by atoms with Gasteiger partial charge in [-0.1, -0.05) is 0 Å². The Bertz CT molecular complexity index is 747. The maximum absolute atomic E-state index is 12.1. The van der Waals surface area contributed by atoms with E-state index in [9.17, 15) is 4.79 Å². The summed E-state index contributed by atoms with van der Waals surface area (Å²) in [5.41, 5.74) is 2.24. The summed E-state index contributed by atoms with van der Waals surface area (Å²) in [7, 11) is 0. The molecule has 1 aliphatic heterocycles. The molecule has 1 aromatic heterocycles. The molecule has 4 nitrogen and oxygen atoms in total. The molecule has 1 unspecified atom stereocenters. The number of rotatable bonds is 4. The fraction of sp³-hybridized carbons (Fsp3) is 0.474. The van der Waals surface area contributed by atoms with Gasteiger partial charge in [0.25, 0.3) is 0 Å². The monoisotopic (exact) mass is 344 g/mol. The Morgan fingerprint density at radius 3 is 3.00 bits per heavy atom. The number of aromatic nitrogens is 1. The number of carbonyl (C=O) groups is 1. The van der Waals surface area contributed by atoms with Gasteiger partial charge in [0.15, 0.2) is 0 Å². The highest BCUT2D eigenvalue weighted by Gasteiger charge is 2.27. The van der Waals surface area contributed by atoms with Gasteiger partial charge in [-0.2, -0.15) is 0 Å². The third-order valence-electron chi connectivity index (χ3n) is 4.57. The number of aryl methyl sites for hydroxylation is 1. The van der Waals surface area contributed by atoms with E-state index in [2.05, 4.69) is 42.3 Å². The molecule has 0 spiro atoms. The SMILES string of the molecule is CCOC(=O)C1CCCN(c2cc(C)c3cc(SC)ccc3n2)C1. The highest BCUT2D eigenvalue weighted by Crippen LogP contribution is 2.29. The van der Waals surface area contributed by atoms with Crippen molar-refractivity contribution in [1.29, 1.82) is 0 Å². The van der Waals surface area contributed by atoms with E-state index in [0.29, 0.717) is 13.2 Å². The third-order valence-corrected chi connectivity index (χ3v) is 5.30. The molecule has 1 aliphatic rings. The van der Waals surface area contributed by atoms with Crippen molar-refractivity contribution in [2.24, 2.45) is 5.92 Å². The van der Waals surface area contributed by atoms with Crippen LogP contribution in [0, 0.1) is 12.8 Å².